The zero-order valence-electron chi connectivity index (χ0n) is 16.0. The average molecular weight is 398 g/mol. The molecule has 0 atom stereocenters. The Kier molecular flexibility index (Phi) is 5.98. The second-order valence-corrected chi connectivity index (χ2v) is 8.33. The van der Waals surface area contributed by atoms with Gasteiger partial charge in [-0.25, -0.2) is 4.98 Å². The van der Waals surface area contributed by atoms with Crippen LogP contribution in [0.25, 0.3) is 21.3 Å². The topological polar surface area (TPSA) is 29.0 Å². The molecule has 0 aliphatic rings. The molecule has 2 heterocycles. The zero-order chi connectivity index (χ0) is 19.6. The summed E-state index contributed by atoms with van der Waals surface area (Å²) in [5.41, 5.74) is 3.68. The van der Waals surface area contributed by atoms with Gasteiger partial charge < -0.3 is 4.90 Å². The molecule has 3 aromatic rings. The Labute approximate surface area is 170 Å². The number of anilines is 1. The second-order valence-electron chi connectivity index (χ2n) is 6.79. The molecule has 3 rings (SSSR count). The summed E-state index contributed by atoms with van der Waals surface area (Å²) < 4.78 is 0. The van der Waals surface area contributed by atoms with Gasteiger partial charge in [0.1, 0.15) is 10.6 Å². The fraction of sp³-hybridized carbons (Fsp3) is 0.273. The highest BCUT2D eigenvalue weighted by Crippen LogP contribution is 2.42. The Bertz CT molecular complexity index is 963. The fourth-order valence-electron chi connectivity index (χ4n) is 3.24. The molecule has 0 saturated carbocycles. The van der Waals surface area contributed by atoms with E-state index >= 15 is 0 Å². The SMILES string of the molecule is C=CCN(CC=C)c1nc(Cl)nc2sc(C)c(-c3ccc(C(C)C)cc3)c12. The van der Waals surface area contributed by atoms with E-state index in [0.717, 1.165) is 16.0 Å². The van der Waals surface area contributed by atoms with Crippen molar-refractivity contribution in [1.29, 1.82) is 0 Å². The lowest BCUT2D eigenvalue weighted by Gasteiger charge is -2.22. The molecule has 2 aromatic heterocycles. The van der Waals surface area contributed by atoms with Gasteiger partial charge in [-0.05, 0) is 35.6 Å². The molecule has 0 bridgehead atoms. The van der Waals surface area contributed by atoms with Crippen molar-refractivity contribution in [3.63, 3.8) is 0 Å². The van der Waals surface area contributed by atoms with Gasteiger partial charge in [0.15, 0.2) is 0 Å². The summed E-state index contributed by atoms with van der Waals surface area (Å²) in [4.78, 5) is 13.3. The number of aryl methyl sites for hydroxylation is 1. The highest BCUT2D eigenvalue weighted by Gasteiger charge is 2.21. The number of thiophene rings is 1. The Morgan fingerprint density at radius 1 is 1.11 bits per heavy atom. The van der Waals surface area contributed by atoms with Gasteiger partial charge >= 0.3 is 0 Å². The van der Waals surface area contributed by atoms with Crippen LogP contribution in [0.5, 0.6) is 0 Å². The van der Waals surface area contributed by atoms with Gasteiger partial charge in [-0.2, -0.15) is 4.98 Å². The molecular weight excluding hydrogens is 374 g/mol. The normalized spacial score (nSPS) is 11.1. The molecule has 1 aromatic carbocycles. The van der Waals surface area contributed by atoms with Crippen LogP contribution in [0.15, 0.2) is 49.6 Å². The first-order chi connectivity index (χ1) is 13.0. The molecule has 0 N–H and O–H groups in total. The molecule has 0 saturated heterocycles. The largest absolute Gasteiger partial charge is 0.348 e. The monoisotopic (exact) mass is 397 g/mol. The number of nitrogens with zero attached hydrogens (tertiary/aromatic N) is 3. The molecule has 0 amide bonds. The van der Waals surface area contributed by atoms with Crippen LogP contribution in [-0.2, 0) is 0 Å². The standard InChI is InChI=1S/C22H24ClN3S/c1-6-12-26(13-7-2)20-19-18(15(5)27-21(19)25-22(23)24-20)17-10-8-16(9-11-17)14(3)4/h6-11,14H,1-2,12-13H2,3-5H3. The van der Waals surface area contributed by atoms with Crippen LogP contribution in [0.2, 0.25) is 5.28 Å². The third kappa shape index (κ3) is 3.92. The third-order valence-corrected chi connectivity index (χ3v) is 5.71. The van der Waals surface area contributed by atoms with Gasteiger partial charge in [-0.15, -0.1) is 24.5 Å². The number of aromatic nitrogens is 2. The lowest BCUT2D eigenvalue weighted by molar-refractivity contribution is 0.867. The summed E-state index contributed by atoms with van der Waals surface area (Å²) >= 11 is 7.89. The predicted octanol–water partition coefficient (Wildman–Crippen LogP) is 6.62. The van der Waals surface area contributed by atoms with Gasteiger partial charge in [0.2, 0.25) is 5.28 Å². The van der Waals surface area contributed by atoms with E-state index in [1.807, 2.05) is 12.2 Å². The molecule has 27 heavy (non-hydrogen) atoms. The minimum atomic E-state index is 0.263. The maximum atomic E-state index is 6.24. The lowest BCUT2D eigenvalue weighted by Crippen LogP contribution is -2.24. The minimum absolute atomic E-state index is 0.263. The average Bonchev–Trinajstić information content (AvgIpc) is 2.96. The zero-order valence-corrected chi connectivity index (χ0v) is 17.6. The van der Waals surface area contributed by atoms with Gasteiger partial charge in [0.25, 0.3) is 0 Å². The lowest BCUT2D eigenvalue weighted by atomic mass is 9.97. The number of hydrogen-bond acceptors (Lipinski definition) is 4. The summed E-state index contributed by atoms with van der Waals surface area (Å²) in [5.74, 6) is 1.34. The van der Waals surface area contributed by atoms with E-state index in [0.29, 0.717) is 19.0 Å². The second kappa shape index (κ2) is 8.24. The van der Waals surface area contributed by atoms with Gasteiger partial charge in [0, 0.05) is 23.5 Å². The number of fused-ring (bicyclic) bond motifs is 1. The molecule has 0 spiro atoms. The van der Waals surface area contributed by atoms with Crippen LogP contribution in [0.4, 0.5) is 5.82 Å². The van der Waals surface area contributed by atoms with Crippen molar-refractivity contribution < 1.29 is 0 Å². The molecule has 0 radical (unpaired) electrons. The van der Waals surface area contributed by atoms with Crippen molar-refractivity contribution in [2.45, 2.75) is 26.7 Å². The number of halogens is 1. The molecule has 3 nitrogen and oxygen atoms in total. The molecule has 0 aliphatic carbocycles. The molecule has 5 heteroatoms. The third-order valence-electron chi connectivity index (χ3n) is 4.55. The number of rotatable bonds is 7. The van der Waals surface area contributed by atoms with Crippen molar-refractivity contribution in [3.05, 3.63) is 65.3 Å². The maximum absolute atomic E-state index is 6.24. The first-order valence-electron chi connectivity index (χ1n) is 9.00. The summed E-state index contributed by atoms with van der Waals surface area (Å²) in [5, 5.41) is 1.31. The summed E-state index contributed by atoms with van der Waals surface area (Å²) in [6.07, 6.45) is 3.73. The maximum Gasteiger partial charge on any atom is 0.225 e. The van der Waals surface area contributed by atoms with Gasteiger partial charge in [0.05, 0.1) is 5.39 Å². The van der Waals surface area contributed by atoms with E-state index in [9.17, 15) is 0 Å². The summed E-state index contributed by atoms with van der Waals surface area (Å²) in [6, 6.07) is 8.77. The van der Waals surface area contributed by atoms with Crippen molar-refractivity contribution in [2.75, 3.05) is 18.0 Å². The van der Waals surface area contributed by atoms with Crippen molar-refractivity contribution in [3.8, 4) is 11.1 Å². The van der Waals surface area contributed by atoms with E-state index in [1.54, 1.807) is 11.3 Å². The Morgan fingerprint density at radius 2 is 1.74 bits per heavy atom. The highest BCUT2D eigenvalue weighted by atomic mass is 35.5. The quantitative estimate of drug-likeness (QED) is 0.331. The van der Waals surface area contributed by atoms with Crippen LogP contribution in [0.1, 0.15) is 30.2 Å². The first-order valence-corrected chi connectivity index (χ1v) is 10.2. The van der Waals surface area contributed by atoms with Crippen LogP contribution in [-0.4, -0.2) is 23.1 Å². The van der Waals surface area contributed by atoms with E-state index in [-0.39, 0.29) is 5.28 Å². The van der Waals surface area contributed by atoms with Crippen molar-refractivity contribution in [2.24, 2.45) is 0 Å². The van der Waals surface area contributed by atoms with Crippen LogP contribution in [0, 0.1) is 6.92 Å². The molecule has 0 aliphatic heterocycles. The van der Waals surface area contributed by atoms with E-state index in [1.165, 1.54) is 21.6 Å². The van der Waals surface area contributed by atoms with E-state index in [2.05, 4.69) is 73.1 Å². The molecule has 0 unspecified atom stereocenters. The summed E-state index contributed by atoms with van der Waals surface area (Å²) in [6.45, 7) is 15.6. The van der Waals surface area contributed by atoms with Crippen molar-refractivity contribution in [1.82, 2.24) is 9.97 Å². The minimum Gasteiger partial charge on any atom is -0.348 e. The Balaban J connectivity index is 2.25. The predicted molar refractivity (Wildman–Crippen MR) is 119 cm³/mol. The first kappa shape index (κ1) is 19.6. The highest BCUT2D eigenvalue weighted by molar-refractivity contribution is 7.19. The van der Waals surface area contributed by atoms with Crippen molar-refractivity contribution >= 4 is 39.0 Å². The van der Waals surface area contributed by atoms with Gasteiger partial charge in [-0.1, -0.05) is 50.3 Å². The van der Waals surface area contributed by atoms with Crippen LogP contribution >= 0.6 is 22.9 Å². The Hall–Kier alpha value is -2.17. The molecule has 140 valence electrons. The Morgan fingerprint density at radius 3 is 2.30 bits per heavy atom. The number of benzene rings is 1. The van der Waals surface area contributed by atoms with Gasteiger partial charge in [-0.3, -0.25) is 0 Å². The number of hydrogen-bond donors (Lipinski definition) is 0. The smallest absolute Gasteiger partial charge is 0.225 e. The van der Waals surface area contributed by atoms with E-state index in [4.69, 9.17) is 11.6 Å². The molecular formula is C22H24ClN3S. The fourth-order valence-corrected chi connectivity index (χ4v) is 4.49. The molecule has 0 fully saturated rings. The van der Waals surface area contributed by atoms with Crippen LogP contribution < -0.4 is 4.90 Å². The summed E-state index contributed by atoms with van der Waals surface area (Å²) in [7, 11) is 0. The van der Waals surface area contributed by atoms with Crippen LogP contribution in [0.3, 0.4) is 0 Å². The van der Waals surface area contributed by atoms with E-state index < -0.39 is 0 Å².